The summed E-state index contributed by atoms with van der Waals surface area (Å²) < 4.78 is 1.82. The number of anilines is 2. The lowest BCUT2D eigenvalue weighted by atomic mass is 10.1. The van der Waals surface area contributed by atoms with Crippen molar-refractivity contribution in [2.75, 3.05) is 4.90 Å². The van der Waals surface area contributed by atoms with Gasteiger partial charge in [-0.2, -0.15) is 5.10 Å². The lowest BCUT2D eigenvalue weighted by Gasteiger charge is -2.23. The number of benzene rings is 2. The highest BCUT2D eigenvalue weighted by molar-refractivity contribution is 5.63. The lowest BCUT2D eigenvalue weighted by Crippen LogP contribution is -2.16. The van der Waals surface area contributed by atoms with Crippen LogP contribution in [-0.4, -0.2) is 9.78 Å². The van der Waals surface area contributed by atoms with Crippen molar-refractivity contribution in [2.24, 2.45) is 7.05 Å². The average molecular weight is 276 g/mol. The first-order valence-corrected chi connectivity index (χ1v) is 6.94. The van der Waals surface area contributed by atoms with Crippen LogP contribution in [0.4, 0.5) is 11.4 Å². The summed E-state index contributed by atoms with van der Waals surface area (Å²) in [4.78, 5) is 2.25. The highest BCUT2D eigenvalue weighted by atomic mass is 15.3. The van der Waals surface area contributed by atoms with Gasteiger partial charge in [-0.25, -0.2) is 0 Å². The topological polar surface area (TPSA) is 21.1 Å². The van der Waals surface area contributed by atoms with E-state index in [1.165, 1.54) is 5.56 Å². The van der Waals surface area contributed by atoms with Gasteiger partial charge in [0.25, 0.3) is 0 Å². The normalized spacial score (nSPS) is 10.6. The molecule has 3 heteroatoms. The van der Waals surface area contributed by atoms with Crippen LogP contribution in [0.5, 0.6) is 0 Å². The first-order valence-electron chi connectivity index (χ1n) is 6.94. The SMILES string of the molecule is [CH2]c1cccc(N(Cc2ccccc2)c2cnn(C)c2)c1. The summed E-state index contributed by atoms with van der Waals surface area (Å²) in [5.41, 5.74) is 4.47. The van der Waals surface area contributed by atoms with E-state index in [-0.39, 0.29) is 0 Å². The fourth-order valence-electron chi connectivity index (χ4n) is 2.37. The van der Waals surface area contributed by atoms with Crippen LogP contribution in [0.2, 0.25) is 0 Å². The number of nitrogens with zero attached hydrogens (tertiary/aromatic N) is 3. The second kappa shape index (κ2) is 5.83. The first kappa shape index (κ1) is 13.4. The third-order valence-electron chi connectivity index (χ3n) is 3.41. The molecule has 0 aliphatic heterocycles. The van der Waals surface area contributed by atoms with E-state index >= 15 is 0 Å². The maximum atomic E-state index is 4.29. The molecule has 0 amide bonds. The molecule has 0 saturated carbocycles. The van der Waals surface area contributed by atoms with Crippen LogP contribution in [0, 0.1) is 6.92 Å². The third kappa shape index (κ3) is 3.14. The molecule has 0 saturated heterocycles. The smallest absolute Gasteiger partial charge is 0.0799 e. The summed E-state index contributed by atoms with van der Waals surface area (Å²) in [6.45, 7) is 4.82. The Kier molecular flexibility index (Phi) is 3.73. The fraction of sp³-hybridized carbons (Fsp3) is 0.111. The van der Waals surface area contributed by atoms with Crippen LogP contribution in [0.15, 0.2) is 67.0 Å². The van der Waals surface area contributed by atoms with E-state index in [4.69, 9.17) is 0 Å². The second-order valence-corrected chi connectivity index (χ2v) is 5.11. The van der Waals surface area contributed by atoms with E-state index in [1.807, 2.05) is 42.3 Å². The standard InChI is InChI=1S/C18H18N3/c1-15-7-6-10-17(11-15)21(18-12-19-20(2)14-18)13-16-8-4-3-5-9-16/h3-12,14H,1,13H2,2H3. The summed E-state index contributed by atoms with van der Waals surface area (Å²) >= 11 is 0. The Hall–Kier alpha value is -2.55. The fourth-order valence-corrected chi connectivity index (χ4v) is 2.37. The zero-order valence-electron chi connectivity index (χ0n) is 12.1. The Morgan fingerprint density at radius 3 is 2.52 bits per heavy atom. The van der Waals surface area contributed by atoms with Crippen LogP contribution in [0.3, 0.4) is 0 Å². The lowest BCUT2D eigenvalue weighted by molar-refractivity contribution is 0.767. The maximum absolute atomic E-state index is 4.29. The van der Waals surface area contributed by atoms with E-state index in [2.05, 4.69) is 53.3 Å². The Labute approximate surface area is 125 Å². The number of hydrogen-bond acceptors (Lipinski definition) is 2. The molecule has 3 nitrogen and oxygen atoms in total. The van der Waals surface area contributed by atoms with E-state index in [0.29, 0.717) is 0 Å². The quantitative estimate of drug-likeness (QED) is 0.719. The van der Waals surface area contributed by atoms with Crippen molar-refractivity contribution in [1.29, 1.82) is 0 Å². The zero-order valence-corrected chi connectivity index (χ0v) is 12.1. The monoisotopic (exact) mass is 276 g/mol. The predicted molar refractivity (Wildman–Crippen MR) is 86.4 cm³/mol. The molecule has 0 fully saturated rings. The van der Waals surface area contributed by atoms with Gasteiger partial charge in [-0.05, 0) is 30.2 Å². The van der Waals surface area contributed by atoms with Gasteiger partial charge in [0.2, 0.25) is 0 Å². The highest BCUT2D eigenvalue weighted by Crippen LogP contribution is 2.27. The Balaban J connectivity index is 1.99. The van der Waals surface area contributed by atoms with Gasteiger partial charge >= 0.3 is 0 Å². The van der Waals surface area contributed by atoms with Crippen LogP contribution in [-0.2, 0) is 13.6 Å². The molecule has 0 atom stereocenters. The number of hydrogen-bond donors (Lipinski definition) is 0. The van der Waals surface area contributed by atoms with Gasteiger partial charge in [0, 0.05) is 25.5 Å². The zero-order chi connectivity index (χ0) is 14.7. The van der Waals surface area contributed by atoms with Gasteiger partial charge < -0.3 is 4.90 Å². The highest BCUT2D eigenvalue weighted by Gasteiger charge is 2.12. The van der Waals surface area contributed by atoms with Crippen LogP contribution >= 0.6 is 0 Å². The Morgan fingerprint density at radius 1 is 1.05 bits per heavy atom. The molecule has 1 radical (unpaired) electrons. The molecular weight excluding hydrogens is 258 g/mol. The van der Waals surface area contributed by atoms with Gasteiger partial charge in [-0.1, -0.05) is 42.5 Å². The molecular formula is C18H18N3. The molecule has 3 aromatic rings. The van der Waals surface area contributed by atoms with Gasteiger partial charge in [0.15, 0.2) is 0 Å². The minimum Gasteiger partial charge on any atom is -0.334 e. The summed E-state index contributed by atoms with van der Waals surface area (Å²) in [6, 6.07) is 18.7. The number of aryl methyl sites for hydroxylation is 1. The van der Waals surface area contributed by atoms with E-state index < -0.39 is 0 Å². The van der Waals surface area contributed by atoms with Crippen molar-refractivity contribution in [1.82, 2.24) is 9.78 Å². The van der Waals surface area contributed by atoms with Crippen LogP contribution in [0.1, 0.15) is 11.1 Å². The Morgan fingerprint density at radius 2 is 1.86 bits per heavy atom. The molecule has 0 aliphatic rings. The summed E-state index contributed by atoms with van der Waals surface area (Å²) in [5.74, 6) is 0. The van der Waals surface area contributed by atoms with Gasteiger partial charge in [-0.15, -0.1) is 0 Å². The minimum absolute atomic E-state index is 0.802. The van der Waals surface area contributed by atoms with Crippen molar-refractivity contribution in [3.8, 4) is 0 Å². The molecule has 21 heavy (non-hydrogen) atoms. The van der Waals surface area contributed by atoms with E-state index in [9.17, 15) is 0 Å². The van der Waals surface area contributed by atoms with E-state index in [1.54, 1.807) is 0 Å². The molecule has 2 aromatic carbocycles. The van der Waals surface area contributed by atoms with Gasteiger partial charge in [0.1, 0.15) is 0 Å². The van der Waals surface area contributed by atoms with Crippen molar-refractivity contribution in [3.63, 3.8) is 0 Å². The summed E-state index contributed by atoms with van der Waals surface area (Å²) in [7, 11) is 1.93. The van der Waals surface area contributed by atoms with Crippen LogP contribution in [0.25, 0.3) is 0 Å². The van der Waals surface area contributed by atoms with Gasteiger partial charge in [-0.3, -0.25) is 4.68 Å². The van der Waals surface area contributed by atoms with Crippen molar-refractivity contribution in [2.45, 2.75) is 6.54 Å². The largest absolute Gasteiger partial charge is 0.334 e. The molecule has 0 unspecified atom stereocenters. The summed E-state index contributed by atoms with van der Waals surface area (Å²) in [6.07, 6.45) is 3.91. The molecule has 0 aliphatic carbocycles. The first-order chi connectivity index (χ1) is 10.2. The van der Waals surface area contributed by atoms with Crippen LogP contribution < -0.4 is 4.90 Å². The molecule has 3 rings (SSSR count). The van der Waals surface area contributed by atoms with Crippen molar-refractivity contribution >= 4 is 11.4 Å². The number of aromatic nitrogens is 2. The molecule has 105 valence electrons. The second-order valence-electron chi connectivity index (χ2n) is 5.11. The molecule has 1 heterocycles. The third-order valence-corrected chi connectivity index (χ3v) is 3.41. The average Bonchev–Trinajstić information content (AvgIpc) is 2.92. The van der Waals surface area contributed by atoms with Gasteiger partial charge in [0.05, 0.1) is 11.9 Å². The molecule has 1 aromatic heterocycles. The van der Waals surface area contributed by atoms with E-state index in [0.717, 1.165) is 23.5 Å². The van der Waals surface area contributed by atoms with Crippen molar-refractivity contribution < 1.29 is 0 Å². The molecule has 0 N–H and O–H groups in total. The minimum atomic E-state index is 0.802. The maximum Gasteiger partial charge on any atom is 0.0799 e. The predicted octanol–water partition coefficient (Wildman–Crippen LogP) is 3.94. The number of rotatable bonds is 4. The summed E-state index contributed by atoms with van der Waals surface area (Å²) in [5, 5.41) is 4.29. The Bertz CT molecular complexity index is 716. The molecule has 0 spiro atoms. The van der Waals surface area contributed by atoms with Crippen molar-refractivity contribution in [3.05, 3.63) is 85.0 Å². The molecule has 0 bridgehead atoms.